The highest BCUT2D eigenvalue weighted by Crippen LogP contribution is 2.51. The van der Waals surface area contributed by atoms with E-state index in [1.165, 1.54) is 37.9 Å². The predicted molar refractivity (Wildman–Crippen MR) is 86.4 cm³/mol. The van der Waals surface area contributed by atoms with Crippen LogP contribution in [0.3, 0.4) is 0 Å². The third kappa shape index (κ3) is 1.82. The SMILES string of the molecule is Clc1ccc(Cl)c2c1CN1C(=N2)C2CC3CC(C2)CC1C3. The van der Waals surface area contributed by atoms with E-state index in [-0.39, 0.29) is 0 Å². The fraction of sp³-hybridized carbons (Fsp3) is 0.588. The molecule has 2 saturated heterocycles. The Hall–Kier alpha value is -0.730. The Balaban J connectivity index is 1.68. The number of halogens is 2. The van der Waals surface area contributed by atoms with E-state index in [0.29, 0.717) is 12.0 Å². The Kier molecular flexibility index (Phi) is 2.67. The van der Waals surface area contributed by atoms with Crippen molar-refractivity contribution in [1.29, 1.82) is 0 Å². The van der Waals surface area contributed by atoms with Crippen LogP contribution >= 0.6 is 23.2 Å². The van der Waals surface area contributed by atoms with Crippen LogP contribution in [0.5, 0.6) is 0 Å². The third-order valence-electron chi connectivity index (χ3n) is 5.94. The minimum atomic E-state index is 0.643. The van der Waals surface area contributed by atoms with Crippen LogP contribution < -0.4 is 0 Å². The molecule has 2 atom stereocenters. The van der Waals surface area contributed by atoms with E-state index in [9.17, 15) is 0 Å². The van der Waals surface area contributed by atoms with Gasteiger partial charge in [0.2, 0.25) is 0 Å². The van der Waals surface area contributed by atoms with Gasteiger partial charge < -0.3 is 4.90 Å². The Labute approximate surface area is 135 Å². The highest BCUT2D eigenvalue weighted by Gasteiger charge is 2.46. The lowest BCUT2D eigenvalue weighted by Crippen LogP contribution is -2.42. The second-order valence-electron chi connectivity index (χ2n) is 7.22. The van der Waals surface area contributed by atoms with Crippen LogP contribution in [0.1, 0.15) is 37.7 Å². The number of nitrogens with zero attached hydrogens (tertiary/aromatic N) is 2. The molecule has 5 aliphatic rings. The summed E-state index contributed by atoms with van der Waals surface area (Å²) in [6.45, 7) is 0.897. The summed E-state index contributed by atoms with van der Waals surface area (Å²) in [5, 5.41) is 1.55. The molecule has 21 heavy (non-hydrogen) atoms. The summed E-state index contributed by atoms with van der Waals surface area (Å²) < 4.78 is 0. The number of fused-ring (bicyclic) bond motifs is 1. The first-order valence-electron chi connectivity index (χ1n) is 8.01. The first kappa shape index (κ1) is 12.8. The van der Waals surface area contributed by atoms with E-state index in [1.807, 2.05) is 12.1 Å². The van der Waals surface area contributed by atoms with E-state index in [2.05, 4.69) is 4.90 Å². The number of hydrogen-bond acceptors (Lipinski definition) is 2. The van der Waals surface area contributed by atoms with E-state index < -0.39 is 0 Å². The Morgan fingerprint density at radius 3 is 2.43 bits per heavy atom. The molecule has 3 aliphatic heterocycles. The molecule has 0 N–H and O–H groups in total. The smallest absolute Gasteiger partial charge is 0.109 e. The molecular formula is C17H18Cl2N2. The largest absolute Gasteiger partial charge is 0.352 e. The van der Waals surface area contributed by atoms with Gasteiger partial charge in [0.15, 0.2) is 0 Å². The van der Waals surface area contributed by atoms with E-state index in [0.717, 1.165) is 39.7 Å². The minimum absolute atomic E-state index is 0.643. The maximum atomic E-state index is 6.41. The standard InChI is InChI=1S/C17H18Cl2N2/c18-14-1-2-15(19)16-13(14)8-21-12-6-9-3-10(7-12)5-11(4-9)17(21)20-16/h1-2,9-12H,3-8H2. The average Bonchev–Trinajstić information content (AvgIpc) is 2.64. The molecule has 2 nitrogen and oxygen atoms in total. The van der Waals surface area contributed by atoms with Crippen molar-refractivity contribution in [3.63, 3.8) is 0 Å². The Morgan fingerprint density at radius 1 is 0.952 bits per heavy atom. The summed E-state index contributed by atoms with van der Waals surface area (Å²) in [4.78, 5) is 7.58. The molecule has 4 bridgehead atoms. The zero-order chi connectivity index (χ0) is 14.1. The van der Waals surface area contributed by atoms with Crippen LogP contribution in [-0.4, -0.2) is 16.8 Å². The first-order valence-corrected chi connectivity index (χ1v) is 8.76. The Bertz CT molecular complexity index is 640. The number of rotatable bonds is 0. The highest BCUT2D eigenvalue weighted by atomic mass is 35.5. The van der Waals surface area contributed by atoms with Gasteiger partial charge in [0.25, 0.3) is 0 Å². The molecule has 0 spiro atoms. The van der Waals surface area contributed by atoms with Gasteiger partial charge in [-0.1, -0.05) is 23.2 Å². The monoisotopic (exact) mass is 320 g/mol. The zero-order valence-corrected chi connectivity index (χ0v) is 13.4. The summed E-state index contributed by atoms with van der Waals surface area (Å²) in [5.74, 6) is 3.77. The fourth-order valence-electron chi connectivity index (χ4n) is 5.21. The van der Waals surface area contributed by atoms with Crippen LogP contribution in [0.25, 0.3) is 0 Å². The average molecular weight is 321 g/mol. The van der Waals surface area contributed by atoms with Gasteiger partial charge in [0.05, 0.1) is 10.7 Å². The van der Waals surface area contributed by atoms with Crippen LogP contribution in [0.4, 0.5) is 5.69 Å². The van der Waals surface area contributed by atoms with Crippen LogP contribution in [0, 0.1) is 17.8 Å². The Morgan fingerprint density at radius 2 is 1.67 bits per heavy atom. The third-order valence-corrected chi connectivity index (χ3v) is 6.60. The van der Waals surface area contributed by atoms with E-state index in [4.69, 9.17) is 28.2 Å². The van der Waals surface area contributed by atoms with Crippen molar-refractivity contribution < 1.29 is 0 Å². The van der Waals surface area contributed by atoms with Gasteiger partial charge >= 0.3 is 0 Å². The van der Waals surface area contributed by atoms with Crippen molar-refractivity contribution in [3.8, 4) is 0 Å². The predicted octanol–water partition coefficient (Wildman–Crippen LogP) is 5.05. The number of hydrogen-bond donors (Lipinski definition) is 0. The number of amidine groups is 1. The van der Waals surface area contributed by atoms with Gasteiger partial charge in [0, 0.05) is 29.1 Å². The summed E-state index contributed by atoms with van der Waals surface area (Å²) in [7, 11) is 0. The molecular weight excluding hydrogens is 303 g/mol. The van der Waals surface area contributed by atoms with E-state index >= 15 is 0 Å². The first-order chi connectivity index (χ1) is 10.2. The molecule has 2 unspecified atom stereocenters. The number of benzene rings is 1. The summed E-state index contributed by atoms with van der Waals surface area (Å²) in [6.07, 6.45) is 6.80. The molecule has 0 aromatic heterocycles. The molecule has 1 aromatic carbocycles. The molecule has 0 radical (unpaired) electrons. The van der Waals surface area contributed by atoms with Crippen LogP contribution in [0.15, 0.2) is 17.1 Å². The van der Waals surface area contributed by atoms with Crippen molar-refractivity contribution in [1.82, 2.24) is 4.90 Å². The highest BCUT2D eigenvalue weighted by molar-refractivity contribution is 6.36. The van der Waals surface area contributed by atoms with Crippen molar-refractivity contribution in [2.75, 3.05) is 0 Å². The molecule has 3 heterocycles. The summed E-state index contributed by atoms with van der Waals surface area (Å²) >= 11 is 12.8. The fourth-order valence-corrected chi connectivity index (χ4v) is 5.64. The molecule has 4 fully saturated rings. The van der Waals surface area contributed by atoms with Gasteiger partial charge in [-0.3, -0.25) is 0 Å². The normalized spacial score (nSPS) is 36.1. The molecule has 2 saturated carbocycles. The molecule has 1 aromatic rings. The van der Waals surface area contributed by atoms with Crippen LogP contribution in [0.2, 0.25) is 10.0 Å². The van der Waals surface area contributed by atoms with Gasteiger partial charge in [-0.2, -0.15) is 0 Å². The molecule has 6 rings (SSSR count). The lowest BCUT2D eigenvalue weighted by Gasteiger charge is -2.39. The molecule has 110 valence electrons. The van der Waals surface area contributed by atoms with Gasteiger partial charge in [0.1, 0.15) is 5.84 Å². The van der Waals surface area contributed by atoms with Crippen molar-refractivity contribution >= 4 is 34.7 Å². The van der Waals surface area contributed by atoms with Crippen LogP contribution in [-0.2, 0) is 6.54 Å². The number of aliphatic imine (C=N–C) groups is 1. The molecule has 4 heteroatoms. The maximum absolute atomic E-state index is 6.41. The van der Waals surface area contributed by atoms with Gasteiger partial charge in [-0.15, -0.1) is 0 Å². The molecule has 2 aliphatic carbocycles. The topological polar surface area (TPSA) is 15.6 Å². The second-order valence-corrected chi connectivity index (χ2v) is 8.03. The minimum Gasteiger partial charge on any atom is -0.352 e. The summed E-state index contributed by atoms with van der Waals surface area (Å²) in [5.41, 5.74) is 2.05. The lowest BCUT2D eigenvalue weighted by atomic mass is 9.68. The quantitative estimate of drug-likeness (QED) is 0.653. The lowest BCUT2D eigenvalue weighted by molar-refractivity contribution is 0.128. The summed E-state index contributed by atoms with van der Waals surface area (Å²) in [6, 6.07) is 4.45. The van der Waals surface area contributed by atoms with Gasteiger partial charge in [-0.05, 0) is 56.1 Å². The molecule has 0 amide bonds. The van der Waals surface area contributed by atoms with E-state index in [1.54, 1.807) is 0 Å². The zero-order valence-electron chi connectivity index (χ0n) is 11.9. The van der Waals surface area contributed by atoms with Gasteiger partial charge in [-0.25, -0.2) is 4.99 Å². The van der Waals surface area contributed by atoms with Crippen molar-refractivity contribution in [3.05, 3.63) is 27.7 Å². The van der Waals surface area contributed by atoms with Crippen molar-refractivity contribution in [2.24, 2.45) is 22.7 Å². The van der Waals surface area contributed by atoms with Crippen molar-refractivity contribution in [2.45, 2.75) is 44.7 Å². The second kappa shape index (κ2) is 4.39. The maximum Gasteiger partial charge on any atom is 0.109 e.